The maximum Gasteiger partial charge on any atom is 0.296 e. The van der Waals surface area contributed by atoms with Crippen LogP contribution in [0, 0.1) is 0 Å². The fourth-order valence-electron chi connectivity index (χ4n) is 3.06. The van der Waals surface area contributed by atoms with Crippen LogP contribution in [-0.4, -0.2) is 32.2 Å². The molecule has 0 unspecified atom stereocenters. The summed E-state index contributed by atoms with van der Waals surface area (Å²) in [5.74, 6) is -0.964. The second-order valence-corrected chi connectivity index (χ2v) is 7.82. The molecule has 1 amide bonds. The Labute approximate surface area is 158 Å². The predicted octanol–water partition coefficient (Wildman–Crippen LogP) is 1.75. The predicted molar refractivity (Wildman–Crippen MR) is 99.9 cm³/mol. The van der Waals surface area contributed by atoms with E-state index < -0.39 is 22.8 Å². The van der Waals surface area contributed by atoms with Crippen molar-refractivity contribution in [3.8, 4) is 5.75 Å². The molecule has 0 bridgehead atoms. The highest BCUT2D eigenvalue weighted by Crippen LogP contribution is 2.27. The fraction of sp³-hybridized carbons (Fsp3) is 0.333. The highest BCUT2D eigenvalue weighted by atomic mass is 32.1. The monoisotopic (exact) mass is 386 g/mol. The Hall–Kier alpha value is -2.78. The Kier molecular flexibility index (Phi) is 4.20. The van der Waals surface area contributed by atoms with Crippen LogP contribution in [-0.2, 0) is 23.4 Å². The zero-order valence-electron chi connectivity index (χ0n) is 14.9. The Bertz CT molecular complexity index is 1070. The number of fused-ring (bicyclic) bond motifs is 2. The summed E-state index contributed by atoms with van der Waals surface area (Å²) >= 11 is 1.47. The van der Waals surface area contributed by atoms with Crippen molar-refractivity contribution in [2.45, 2.75) is 32.5 Å². The first-order valence-electron chi connectivity index (χ1n) is 8.48. The fourth-order valence-corrected chi connectivity index (χ4v) is 3.97. The molecule has 2 N–H and O–H groups in total. The van der Waals surface area contributed by atoms with E-state index in [1.54, 1.807) is 13.8 Å². The number of ether oxygens (including phenoxy) is 1. The van der Waals surface area contributed by atoms with E-state index in [-0.39, 0.29) is 18.8 Å². The summed E-state index contributed by atoms with van der Waals surface area (Å²) in [6.07, 6.45) is 0. The van der Waals surface area contributed by atoms with Crippen molar-refractivity contribution in [2.75, 3.05) is 6.61 Å². The molecule has 8 nitrogen and oxygen atoms in total. The molecule has 3 heterocycles. The minimum atomic E-state index is -0.826. The first kappa shape index (κ1) is 17.6. The average Bonchev–Trinajstić information content (AvgIpc) is 3.05. The lowest BCUT2D eigenvalue weighted by molar-refractivity contribution is -0.0566. The van der Waals surface area contributed by atoms with Gasteiger partial charge in [0.1, 0.15) is 16.4 Å². The van der Waals surface area contributed by atoms with E-state index in [0.717, 1.165) is 15.2 Å². The molecule has 0 saturated heterocycles. The maximum absolute atomic E-state index is 12.6. The number of nitrogens with one attached hydrogen (secondary N) is 1. The van der Waals surface area contributed by atoms with E-state index in [1.807, 2.05) is 24.3 Å². The molecule has 0 saturated carbocycles. The lowest BCUT2D eigenvalue weighted by atomic mass is 10.1. The summed E-state index contributed by atoms with van der Waals surface area (Å²) in [5, 5.41) is 13.6. The smallest absolute Gasteiger partial charge is 0.296 e. The van der Waals surface area contributed by atoms with Gasteiger partial charge in [0.05, 0.1) is 29.9 Å². The molecule has 0 fully saturated rings. The molecule has 1 aromatic carbocycles. The normalized spacial score (nSPS) is 15.5. The van der Waals surface area contributed by atoms with Gasteiger partial charge in [0.25, 0.3) is 11.5 Å². The zero-order valence-corrected chi connectivity index (χ0v) is 15.7. The van der Waals surface area contributed by atoms with Gasteiger partial charge in [0.15, 0.2) is 5.69 Å². The molecule has 3 aromatic rings. The number of thiazole rings is 1. The third-order valence-electron chi connectivity index (χ3n) is 4.42. The highest BCUT2D eigenvalue weighted by molar-refractivity contribution is 7.18. The minimum absolute atomic E-state index is 0.178. The second kappa shape index (κ2) is 6.43. The van der Waals surface area contributed by atoms with Crippen molar-refractivity contribution in [1.29, 1.82) is 0 Å². The molecule has 1 aliphatic heterocycles. The van der Waals surface area contributed by atoms with Crippen molar-refractivity contribution in [2.24, 2.45) is 0 Å². The van der Waals surface area contributed by atoms with Crippen LogP contribution in [0.25, 0.3) is 10.2 Å². The molecular formula is C18H18N4O4S. The number of rotatable bonds is 3. The standard InChI is InChI=1S/C18H18N4O4S/c1-18(2)17-21-13(14(23)16(25)22(17)7-8-26-18)15(24)19-9-12-20-10-5-3-4-6-11(10)27-12/h3-6,23H,7-9H2,1-2H3,(H,19,24). The van der Waals surface area contributed by atoms with E-state index in [9.17, 15) is 14.7 Å². The van der Waals surface area contributed by atoms with Gasteiger partial charge >= 0.3 is 0 Å². The SMILES string of the molecule is CC1(C)OCCn2c1nc(C(=O)NCc1nc3ccccc3s1)c(O)c2=O. The number of hydrogen-bond donors (Lipinski definition) is 2. The summed E-state index contributed by atoms with van der Waals surface area (Å²) in [4.78, 5) is 33.7. The molecule has 0 atom stereocenters. The van der Waals surface area contributed by atoms with Gasteiger partial charge in [-0.3, -0.25) is 14.2 Å². The molecular weight excluding hydrogens is 368 g/mol. The van der Waals surface area contributed by atoms with E-state index in [4.69, 9.17) is 4.74 Å². The molecule has 2 aromatic heterocycles. The highest BCUT2D eigenvalue weighted by Gasteiger charge is 2.34. The molecule has 1 aliphatic rings. The van der Waals surface area contributed by atoms with E-state index in [0.29, 0.717) is 12.4 Å². The molecule has 27 heavy (non-hydrogen) atoms. The molecule has 140 valence electrons. The Morgan fingerprint density at radius 2 is 2.15 bits per heavy atom. The van der Waals surface area contributed by atoms with Crippen LogP contribution in [0.5, 0.6) is 5.75 Å². The van der Waals surface area contributed by atoms with Gasteiger partial charge in [0.2, 0.25) is 5.75 Å². The molecule has 9 heteroatoms. The van der Waals surface area contributed by atoms with Crippen molar-refractivity contribution in [3.05, 3.63) is 51.1 Å². The number of para-hydroxylation sites is 1. The molecule has 0 aliphatic carbocycles. The van der Waals surface area contributed by atoms with Crippen LogP contribution in [0.15, 0.2) is 29.1 Å². The summed E-state index contributed by atoms with van der Waals surface area (Å²) in [5.41, 5.74) is -0.904. The van der Waals surface area contributed by atoms with E-state index in [2.05, 4.69) is 15.3 Å². The van der Waals surface area contributed by atoms with Gasteiger partial charge in [-0.05, 0) is 26.0 Å². The van der Waals surface area contributed by atoms with Crippen LogP contribution in [0.1, 0.15) is 35.2 Å². The lowest BCUT2D eigenvalue weighted by Crippen LogP contribution is -2.42. The number of nitrogens with zero attached hydrogens (tertiary/aromatic N) is 3. The van der Waals surface area contributed by atoms with Gasteiger partial charge in [-0.25, -0.2) is 9.97 Å². The number of aromatic nitrogens is 3. The Morgan fingerprint density at radius 1 is 1.37 bits per heavy atom. The summed E-state index contributed by atoms with van der Waals surface area (Å²) in [7, 11) is 0. The minimum Gasteiger partial charge on any atom is -0.501 e. The Morgan fingerprint density at radius 3 is 2.93 bits per heavy atom. The van der Waals surface area contributed by atoms with E-state index >= 15 is 0 Å². The van der Waals surface area contributed by atoms with Crippen molar-refractivity contribution >= 4 is 27.5 Å². The van der Waals surface area contributed by atoms with Crippen LogP contribution in [0.2, 0.25) is 0 Å². The summed E-state index contributed by atoms with van der Waals surface area (Å²) in [6.45, 7) is 4.34. The first-order valence-corrected chi connectivity index (χ1v) is 9.29. The Balaban J connectivity index is 1.62. The van der Waals surface area contributed by atoms with Crippen molar-refractivity contribution < 1.29 is 14.6 Å². The number of aromatic hydroxyl groups is 1. The third kappa shape index (κ3) is 3.08. The van der Waals surface area contributed by atoms with E-state index in [1.165, 1.54) is 15.9 Å². The zero-order chi connectivity index (χ0) is 19.2. The number of hydrogen-bond acceptors (Lipinski definition) is 7. The summed E-state index contributed by atoms with van der Waals surface area (Å²) < 4.78 is 8.01. The number of amides is 1. The van der Waals surface area contributed by atoms with Crippen LogP contribution in [0.4, 0.5) is 0 Å². The first-order chi connectivity index (χ1) is 12.9. The maximum atomic E-state index is 12.6. The van der Waals surface area contributed by atoms with Gasteiger partial charge in [-0.2, -0.15) is 0 Å². The van der Waals surface area contributed by atoms with Gasteiger partial charge < -0.3 is 15.2 Å². The molecule has 4 rings (SSSR count). The topological polar surface area (TPSA) is 106 Å². The van der Waals surface area contributed by atoms with Crippen LogP contribution >= 0.6 is 11.3 Å². The van der Waals surface area contributed by atoms with Crippen molar-refractivity contribution in [3.63, 3.8) is 0 Å². The second-order valence-electron chi connectivity index (χ2n) is 6.71. The number of carbonyl (C=O) groups is 1. The van der Waals surface area contributed by atoms with Crippen LogP contribution in [0.3, 0.4) is 0 Å². The molecule has 0 radical (unpaired) electrons. The van der Waals surface area contributed by atoms with Gasteiger partial charge in [-0.15, -0.1) is 11.3 Å². The van der Waals surface area contributed by atoms with Crippen LogP contribution < -0.4 is 10.9 Å². The summed E-state index contributed by atoms with van der Waals surface area (Å²) in [6, 6.07) is 7.68. The largest absolute Gasteiger partial charge is 0.501 e. The van der Waals surface area contributed by atoms with Gasteiger partial charge in [-0.1, -0.05) is 12.1 Å². The molecule has 0 spiro atoms. The van der Waals surface area contributed by atoms with Gasteiger partial charge in [0, 0.05) is 0 Å². The van der Waals surface area contributed by atoms with Crippen molar-refractivity contribution in [1.82, 2.24) is 19.9 Å². The number of carbonyl (C=O) groups excluding carboxylic acids is 1. The lowest BCUT2D eigenvalue weighted by Gasteiger charge is -2.32. The number of benzene rings is 1. The quantitative estimate of drug-likeness (QED) is 0.710. The third-order valence-corrected chi connectivity index (χ3v) is 5.45. The average molecular weight is 386 g/mol.